The van der Waals surface area contributed by atoms with Crippen molar-refractivity contribution < 1.29 is 18.8 Å². The summed E-state index contributed by atoms with van der Waals surface area (Å²) >= 11 is 0. The van der Waals surface area contributed by atoms with E-state index in [1.165, 1.54) is 15.6 Å². The van der Waals surface area contributed by atoms with Gasteiger partial charge in [0.05, 0.1) is 5.69 Å². The molecule has 2 aliphatic heterocycles. The molecule has 1 atom stereocenters. The third-order valence-corrected chi connectivity index (χ3v) is 6.86. The van der Waals surface area contributed by atoms with Gasteiger partial charge in [-0.05, 0) is 55.4 Å². The fourth-order valence-corrected chi connectivity index (χ4v) is 5.08. The predicted molar refractivity (Wildman–Crippen MR) is 126 cm³/mol. The second-order valence-corrected chi connectivity index (χ2v) is 9.48. The topological polar surface area (TPSA) is 101 Å². The van der Waals surface area contributed by atoms with Gasteiger partial charge in [-0.3, -0.25) is 0 Å². The molecule has 1 N–H and O–H groups in total. The predicted octanol–water partition coefficient (Wildman–Crippen LogP) is 4.27. The molecule has 2 aliphatic rings. The molecule has 184 valence electrons. The quantitative estimate of drug-likeness (QED) is 0.567. The lowest BCUT2D eigenvalue weighted by Crippen LogP contribution is -2.37. The van der Waals surface area contributed by atoms with Gasteiger partial charge in [-0.25, -0.2) is 9.18 Å². The number of para-hydroxylation sites is 1. The molecule has 2 aromatic heterocycles. The van der Waals surface area contributed by atoms with Crippen LogP contribution in [-0.2, 0) is 0 Å². The van der Waals surface area contributed by atoms with Crippen LogP contribution < -0.4 is 0 Å². The highest BCUT2D eigenvalue weighted by Crippen LogP contribution is 2.31. The van der Waals surface area contributed by atoms with Gasteiger partial charge in [-0.2, -0.15) is 14.8 Å². The van der Waals surface area contributed by atoms with Gasteiger partial charge in [-0.1, -0.05) is 26.0 Å². The minimum Gasteiger partial charge on any atom is -0.465 e. The maximum Gasteiger partial charge on any atom is 0.407 e. The van der Waals surface area contributed by atoms with Crippen LogP contribution in [0, 0.1) is 11.7 Å². The molecule has 11 heteroatoms. The summed E-state index contributed by atoms with van der Waals surface area (Å²) in [4.78, 5) is 19.6. The van der Waals surface area contributed by atoms with E-state index in [2.05, 4.69) is 20.1 Å². The van der Waals surface area contributed by atoms with Crippen LogP contribution in [0.1, 0.15) is 56.5 Å². The molecule has 0 spiro atoms. The van der Waals surface area contributed by atoms with Crippen molar-refractivity contribution in [2.45, 2.75) is 44.9 Å². The number of hydrogen-bond acceptors (Lipinski definition) is 6. The lowest BCUT2D eigenvalue weighted by atomic mass is 9.95. The van der Waals surface area contributed by atoms with Gasteiger partial charge in [-0.15, -0.1) is 12.4 Å². The molecule has 0 unspecified atom stereocenters. The zero-order valence-electron chi connectivity index (χ0n) is 19.4. The first-order chi connectivity index (χ1) is 15.9. The van der Waals surface area contributed by atoms with Gasteiger partial charge in [0, 0.05) is 30.9 Å². The first-order valence-corrected chi connectivity index (χ1v) is 11.6. The van der Waals surface area contributed by atoms with Crippen LogP contribution in [0.4, 0.5) is 9.18 Å². The van der Waals surface area contributed by atoms with Crippen molar-refractivity contribution in [2.75, 3.05) is 32.7 Å². The number of piperidine rings is 1. The molecular formula is C23H30ClFN6O3. The van der Waals surface area contributed by atoms with Crippen LogP contribution in [0.15, 0.2) is 22.7 Å². The van der Waals surface area contributed by atoms with Crippen molar-refractivity contribution in [1.29, 1.82) is 0 Å². The Morgan fingerprint density at radius 2 is 2.00 bits per heavy atom. The van der Waals surface area contributed by atoms with Gasteiger partial charge >= 0.3 is 6.09 Å². The number of halogens is 2. The summed E-state index contributed by atoms with van der Waals surface area (Å²) < 4.78 is 21.7. The van der Waals surface area contributed by atoms with Crippen molar-refractivity contribution >= 4 is 29.4 Å². The summed E-state index contributed by atoms with van der Waals surface area (Å²) in [7, 11) is 0. The average molecular weight is 493 g/mol. The Morgan fingerprint density at radius 3 is 2.68 bits per heavy atom. The zero-order chi connectivity index (χ0) is 23.1. The number of carboxylic acid groups (broad SMARTS) is 1. The molecule has 5 rings (SSSR count). The molecular weight excluding hydrogens is 463 g/mol. The van der Waals surface area contributed by atoms with Gasteiger partial charge in [0.1, 0.15) is 11.3 Å². The van der Waals surface area contributed by atoms with Gasteiger partial charge in [0.2, 0.25) is 5.89 Å². The van der Waals surface area contributed by atoms with Crippen molar-refractivity contribution in [3.05, 3.63) is 35.6 Å². The largest absolute Gasteiger partial charge is 0.465 e. The van der Waals surface area contributed by atoms with Gasteiger partial charge in [0.25, 0.3) is 5.95 Å². The van der Waals surface area contributed by atoms with Crippen LogP contribution in [0.3, 0.4) is 0 Å². The maximum absolute atomic E-state index is 14.7. The number of amides is 1. The van der Waals surface area contributed by atoms with E-state index in [0.29, 0.717) is 30.4 Å². The van der Waals surface area contributed by atoms with E-state index < -0.39 is 6.09 Å². The van der Waals surface area contributed by atoms with Crippen LogP contribution >= 0.6 is 12.4 Å². The molecule has 1 aromatic carbocycles. The number of benzene rings is 1. The molecule has 0 radical (unpaired) electrons. The first kappa shape index (κ1) is 24.4. The SMILES string of the molecule is CC(C)c1nn(-c2noc(C3CCN(C[C@@H]4CCN(C(=O)O)C4)CC3)n2)c2c(F)cccc12.Cl. The third-order valence-electron chi connectivity index (χ3n) is 6.86. The van der Waals surface area contributed by atoms with Crippen molar-refractivity contribution in [2.24, 2.45) is 5.92 Å². The Labute approximate surface area is 203 Å². The zero-order valence-corrected chi connectivity index (χ0v) is 20.2. The number of nitrogens with zero attached hydrogens (tertiary/aromatic N) is 6. The van der Waals surface area contributed by atoms with Crippen LogP contribution in [0.25, 0.3) is 16.9 Å². The Balaban J connectivity index is 0.00000274. The highest BCUT2D eigenvalue weighted by Gasteiger charge is 2.31. The summed E-state index contributed by atoms with van der Waals surface area (Å²) in [6.07, 6.45) is 1.88. The second kappa shape index (κ2) is 9.87. The molecule has 1 amide bonds. The highest BCUT2D eigenvalue weighted by molar-refractivity contribution is 5.85. The Morgan fingerprint density at radius 1 is 1.24 bits per heavy atom. The minimum atomic E-state index is -0.825. The molecule has 2 fully saturated rings. The fraction of sp³-hybridized carbons (Fsp3) is 0.565. The smallest absolute Gasteiger partial charge is 0.407 e. The van der Waals surface area contributed by atoms with Crippen LogP contribution in [0.2, 0.25) is 0 Å². The maximum atomic E-state index is 14.7. The number of carbonyl (C=O) groups is 1. The second-order valence-electron chi connectivity index (χ2n) is 9.48. The van der Waals surface area contributed by atoms with Gasteiger partial charge < -0.3 is 19.4 Å². The average Bonchev–Trinajstić information content (AvgIpc) is 3.53. The molecule has 4 heterocycles. The van der Waals surface area contributed by atoms with E-state index in [4.69, 9.17) is 9.63 Å². The van der Waals surface area contributed by atoms with Crippen LogP contribution in [-0.4, -0.2) is 73.6 Å². The summed E-state index contributed by atoms with van der Waals surface area (Å²) in [6.45, 7) is 8.03. The molecule has 3 aromatic rings. The number of fused-ring (bicyclic) bond motifs is 1. The molecule has 9 nitrogen and oxygen atoms in total. The first-order valence-electron chi connectivity index (χ1n) is 11.6. The summed E-state index contributed by atoms with van der Waals surface area (Å²) in [5.41, 5.74) is 1.17. The monoisotopic (exact) mass is 492 g/mol. The molecule has 0 bridgehead atoms. The normalized spacial score (nSPS) is 19.8. The number of aromatic nitrogens is 4. The lowest BCUT2D eigenvalue weighted by molar-refractivity contribution is 0.147. The van der Waals surface area contributed by atoms with E-state index in [1.807, 2.05) is 19.9 Å². The highest BCUT2D eigenvalue weighted by atomic mass is 35.5. The Hall–Kier alpha value is -2.72. The van der Waals surface area contributed by atoms with Gasteiger partial charge in [0.15, 0.2) is 0 Å². The van der Waals surface area contributed by atoms with Crippen molar-refractivity contribution in [3.8, 4) is 5.95 Å². The van der Waals surface area contributed by atoms with Crippen molar-refractivity contribution in [3.63, 3.8) is 0 Å². The Kier molecular flexibility index (Phi) is 7.09. The Bertz CT molecular complexity index is 1160. The lowest BCUT2D eigenvalue weighted by Gasteiger charge is -2.32. The summed E-state index contributed by atoms with van der Waals surface area (Å²) in [5.74, 6) is 1.14. The fourth-order valence-electron chi connectivity index (χ4n) is 5.08. The number of likely N-dealkylation sites (tertiary alicyclic amines) is 2. The van der Waals surface area contributed by atoms with E-state index in [9.17, 15) is 9.18 Å². The number of hydrogen-bond donors (Lipinski definition) is 1. The van der Waals surface area contributed by atoms with E-state index in [-0.39, 0.29) is 36.0 Å². The van der Waals surface area contributed by atoms with E-state index in [1.54, 1.807) is 6.07 Å². The third kappa shape index (κ3) is 4.61. The molecule has 2 saturated heterocycles. The van der Waals surface area contributed by atoms with Crippen LogP contribution in [0.5, 0.6) is 0 Å². The standard InChI is InChI=1S/C23H29FN6O3.ClH/c1-14(2)19-17-4-3-5-18(24)20(17)30(26-19)22-25-21(33-27-22)16-7-9-28(10-8-16)12-15-6-11-29(13-15)23(31)32;/h3-5,14-16H,6-13H2,1-2H3,(H,31,32);1H/t15-;/m0./s1. The molecule has 34 heavy (non-hydrogen) atoms. The van der Waals surface area contributed by atoms with Crippen molar-refractivity contribution in [1.82, 2.24) is 29.7 Å². The number of rotatable bonds is 5. The molecule has 0 aliphatic carbocycles. The van der Waals surface area contributed by atoms with E-state index >= 15 is 0 Å². The summed E-state index contributed by atoms with van der Waals surface area (Å²) in [5, 5.41) is 18.6. The minimum absolute atomic E-state index is 0. The van der Waals surface area contributed by atoms with E-state index in [0.717, 1.165) is 50.0 Å². The summed E-state index contributed by atoms with van der Waals surface area (Å²) in [6, 6.07) is 4.98. The molecule has 0 saturated carbocycles.